The zero-order valence-electron chi connectivity index (χ0n) is 44.2. The summed E-state index contributed by atoms with van der Waals surface area (Å²) in [5.74, 6) is 1.58. The predicted octanol–water partition coefficient (Wildman–Crippen LogP) is 19.4. The van der Waals surface area contributed by atoms with Crippen molar-refractivity contribution in [3.63, 3.8) is 0 Å². The van der Waals surface area contributed by atoms with Crippen LogP contribution in [-0.4, -0.2) is 35.9 Å². The van der Waals surface area contributed by atoms with Crippen LogP contribution in [0.1, 0.15) is 254 Å². The summed E-state index contributed by atoms with van der Waals surface area (Å²) in [6.07, 6.45) is 46.4. The summed E-state index contributed by atoms with van der Waals surface area (Å²) < 4.78 is 12.1. The maximum absolute atomic E-state index is 11.1. The van der Waals surface area contributed by atoms with Crippen LogP contribution in [0.2, 0.25) is 0 Å². The lowest BCUT2D eigenvalue weighted by Crippen LogP contribution is -2.09. The van der Waals surface area contributed by atoms with Gasteiger partial charge in [0.2, 0.25) is 0 Å². The Kier molecular flexibility index (Phi) is 32.4. The Morgan fingerprint density at radius 1 is 0.357 bits per heavy atom. The molecule has 2 atom stereocenters. The van der Waals surface area contributed by atoms with Crippen LogP contribution in [0.5, 0.6) is 23.0 Å². The number of nitrogens with zero attached hydrogens (tertiary/aromatic N) is 2. The summed E-state index contributed by atoms with van der Waals surface area (Å²) in [4.78, 5) is 10.2. The second-order valence-corrected chi connectivity index (χ2v) is 20.0. The lowest BCUT2D eigenvalue weighted by Gasteiger charge is -2.22. The summed E-state index contributed by atoms with van der Waals surface area (Å²) in [6, 6.07) is 30.4. The van der Waals surface area contributed by atoms with Crippen LogP contribution < -0.4 is 9.47 Å². The number of rotatable bonds is 43. The molecule has 0 aliphatic heterocycles. The van der Waals surface area contributed by atoms with Crippen LogP contribution in [0, 0.1) is 0 Å². The fraction of sp³-hybridized carbons (Fsp3) is 0.594. The van der Waals surface area contributed by atoms with Crippen LogP contribution >= 0.6 is 0 Å². The van der Waals surface area contributed by atoms with E-state index in [-0.39, 0.29) is 11.5 Å². The molecule has 4 rings (SSSR count). The van der Waals surface area contributed by atoms with Gasteiger partial charge in [-0.25, -0.2) is 0 Å². The van der Waals surface area contributed by atoms with Gasteiger partial charge in [0, 0.05) is 35.7 Å². The molecule has 0 aromatic heterocycles. The quantitative estimate of drug-likeness (QED) is 0.0342. The average molecular weight is 957 g/mol. The van der Waals surface area contributed by atoms with Crippen molar-refractivity contribution < 1.29 is 19.7 Å². The number of aliphatic imine (C=N–C) groups is 2. The van der Waals surface area contributed by atoms with Crippen LogP contribution in [0.3, 0.4) is 0 Å². The summed E-state index contributed by atoms with van der Waals surface area (Å²) in [6.45, 7) is 5.86. The van der Waals surface area contributed by atoms with Gasteiger partial charge in [-0.05, 0) is 48.2 Å². The molecule has 6 nitrogen and oxygen atoms in total. The highest BCUT2D eigenvalue weighted by atomic mass is 16.5. The van der Waals surface area contributed by atoms with Gasteiger partial charge in [0.15, 0.2) is 0 Å². The fourth-order valence-corrected chi connectivity index (χ4v) is 9.45. The Morgan fingerprint density at radius 3 is 0.900 bits per heavy atom. The molecule has 0 aliphatic rings. The minimum atomic E-state index is -0.408. The molecule has 0 bridgehead atoms. The van der Waals surface area contributed by atoms with E-state index in [1.165, 1.54) is 193 Å². The van der Waals surface area contributed by atoms with Crippen molar-refractivity contribution in [2.45, 2.75) is 231 Å². The predicted molar refractivity (Wildman–Crippen MR) is 300 cm³/mol. The first-order valence-corrected chi connectivity index (χ1v) is 28.7. The number of phenols is 2. The molecular weight excluding hydrogens is 861 g/mol. The Morgan fingerprint density at radius 2 is 0.629 bits per heavy atom. The molecule has 0 spiro atoms. The smallest absolute Gasteiger partial charge is 0.128 e. The van der Waals surface area contributed by atoms with E-state index < -0.39 is 12.1 Å². The summed E-state index contributed by atoms with van der Waals surface area (Å²) >= 11 is 0. The van der Waals surface area contributed by atoms with Crippen molar-refractivity contribution in [2.75, 3.05) is 13.2 Å². The van der Waals surface area contributed by atoms with E-state index >= 15 is 0 Å². The molecule has 70 heavy (non-hydrogen) atoms. The van der Waals surface area contributed by atoms with Gasteiger partial charge < -0.3 is 19.7 Å². The zero-order valence-corrected chi connectivity index (χ0v) is 44.2. The third-order valence-electron chi connectivity index (χ3n) is 13.9. The van der Waals surface area contributed by atoms with Gasteiger partial charge >= 0.3 is 0 Å². The van der Waals surface area contributed by atoms with Crippen LogP contribution in [0.4, 0.5) is 0 Å². The number of aromatic hydroxyl groups is 2. The Bertz CT molecular complexity index is 1770. The van der Waals surface area contributed by atoms with E-state index in [0.29, 0.717) is 35.8 Å². The molecule has 6 heteroatoms. The molecule has 4 aromatic carbocycles. The second kappa shape index (κ2) is 39.1. The molecule has 386 valence electrons. The van der Waals surface area contributed by atoms with Crippen LogP contribution in [-0.2, 0) is 0 Å². The minimum absolute atomic E-state index is 0.127. The van der Waals surface area contributed by atoms with Gasteiger partial charge in [-0.3, -0.25) is 9.98 Å². The molecule has 0 saturated carbocycles. The molecule has 0 radical (unpaired) electrons. The molecule has 0 aliphatic carbocycles. The number of hydrogen-bond acceptors (Lipinski definition) is 6. The highest BCUT2D eigenvalue weighted by Crippen LogP contribution is 2.37. The Labute approximate surface area is 427 Å². The summed E-state index contributed by atoms with van der Waals surface area (Å²) in [5.41, 5.74) is 3.20. The lowest BCUT2D eigenvalue weighted by atomic mass is 9.94. The molecule has 0 unspecified atom stereocenters. The number of benzene rings is 4. The zero-order chi connectivity index (χ0) is 49.4. The van der Waals surface area contributed by atoms with Gasteiger partial charge in [0.05, 0.1) is 13.2 Å². The lowest BCUT2D eigenvalue weighted by molar-refractivity contribution is 0.302. The molecule has 4 aromatic rings. The van der Waals surface area contributed by atoms with Crippen molar-refractivity contribution in [2.24, 2.45) is 9.98 Å². The number of phenolic OH excluding ortho intramolecular Hbond substituents is 2. The normalized spacial score (nSPS) is 12.5. The second-order valence-electron chi connectivity index (χ2n) is 20.0. The van der Waals surface area contributed by atoms with E-state index in [1.54, 1.807) is 24.6 Å². The number of unbranched alkanes of at least 4 members (excludes halogenated alkanes) is 30. The first kappa shape index (κ1) is 58.0. The summed E-state index contributed by atoms with van der Waals surface area (Å²) in [5, 5.41) is 22.2. The molecule has 0 saturated heterocycles. The van der Waals surface area contributed by atoms with Crippen molar-refractivity contribution in [3.8, 4) is 23.0 Å². The Hall–Kier alpha value is -4.58. The third kappa shape index (κ3) is 26.0. The molecule has 2 N–H and O–H groups in total. The van der Waals surface area contributed by atoms with Crippen molar-refractivity contribution in [1.82, 2.24) is 0 Å². The van der Waals surface area contributed by atoms with Crippen LogP contribution in [0.25, 0.3) is 0 Å². The van der Waals surface area contributed by atoms with E-state index in [4.69, 9.17) is 19.5 Å². The van der Waals surface area contributed by atoms with Gasteiger partial charge in [-0.2, -0.15) is 0 Å². The minimum Gasteiger partial charge on any atom is -0.507 e. The first-order chi connectivity index (χ1) is 34.6. The number of hydrogen-bond donors (Lipinski definition) is 2. The van der Waals surface area contributed by atoms with E-state index in [1.807, 2.05) is 60.7 Å². The molecule has 0 fully saturated rings. The summed E-state index contributed by atoms with van der Waals surface area (Å²) in [7, 11) is 0. The van der Waals surface area contributed by atoms with Gasteiger partial charge in [0.25, 0.3) is 0 Å². The highest BCUT2D eigenvalue weighted by molar-refractivity contribution is 5.85. The van der Waals surface area contributed by atoms with Crippen LogP contribution in [0.15, 0.2) is 107 Å². The Balaban J connectivity index is 1.19. The SMILES string of the molecule is CCCCCCCCCCCCCCCCCCOc1ccc(C=N[C@H](c2ccccc2)[C@@H](N=Cc2ccc(OCCCCCCCCCCCCCCCCCC)cc2O)c2ccccc2)c(O)c1. The van der Waals surface area contributed by atoms with Gasteiger partial charge in [0.1, 0.15) is 35.1 Å². The van der Waals surface area contributed by atoms with Crippen molar-refractivity contribution in [3.05, 3.63) is 119 Å². The molecular formula is C64H96N2O4. The fourth-order valence-electron chi connectivity index (χ4n) is 9.45. The first-order valence-electron chi connectivity index (χ1n) is 28.7. The van der Waals surface area contributed by atoms with Gasteiger partial charge in [-0.15, -0.1) is 0 Å². The average Bonchev–Trinajstić information content (AvgIpc) is 3.38. The van der Waals surface area contributed by atoms with E-state index in [2.05, 4.69) is 38.1 Å². The maximum atomic E-state index is 11.1. The topological polar surface area (TPSA) is 83.6 Å². The van der Waals surface area contributed by atoms with E-state index in [9.17, 15) is 10.2 Å². The molecule has 0 heterocycles. The molecule has 0 amide bonds. The monoisotopic (exact) mass is 957 g/mol. The maximum Gasteiger partial charge on any atom is 0.128 e. The van der Waals surface area contributed by atoms with Crippen molar-refractivity contribution in [1.29, 1.82) is 0 Å². The highest BCUT2D eigenvalue weighted by Gasteiger charge is 2.24. The van der Waals surface area contributed by atoms with Crippen molar-refractivity contribution >= 4 is 12.4 Å². The standard InChI is InChI=1S/C64H96N2O4/c1-3-5-7-9-11-13-15-17-19-21-23-25-27-29-31-39-49-69-59-47-45-57(61(67)51-59)53-65-63(55-41-35-33-36-42-55)64(56-43-37-34-38-44-56)66-54-58-46-48-60(52-62(58)68)70-50-40-32-30-28-26-24-22-20-18-16-14-12-10-8-6-4-2/h33-38,41-48,51-54,63-64,67-68H,3-32,39-40,49-50H2,1-2H3/t63-,64+. The largest absolute Gasteiger partial charge is 0.507 e. The third-order valence-corrected chi connectivity index (χ3v) is 13.9. The van der Waals surface area contributed by atoms with E-state index in [0.717, 1.165) is 24.0 Å². The van der Waals surface area contributed by atoms with Gasteiger partial charge in [-0.1, -0.05) is 267 Å². The number of ether oxygens (including phenoxy) is 2.